The van der Waals surface area contributed by atoms with Crippen LogP contribution in [-0.2, 0) is 9.53 Å². The Balaban J connectivity index is 1.71. The first kappa shape index (κ1) is 16.7. The Morgan fingerprint density at radius 1 is 1.29 bits per heavy atom. The third kappa shape index (κ3) is 4.94. The van der Waals surface area contributed by atoms with Gasteiger partial charge in [0.1, 0.15) is 0 Å². The van der Waals surface area contributed by atoms with Crippen LogP contribution >= 0.6 is 0 Å². The zero-order chi connectivity index (χ0) is 15.3. The highest BCUT2D eigenvalue weighted by molar-refractivity contribution is 5.76. The number of rotatable bonds is 6. The van der Waals surface area contributed by atoms with Crippen molar-refractivity contribution in [1.29, 1.82) is 0 Å². The fraction of sp³-hybridized carbons (Fsp3) is 0.938. The van der Waals surface area contributed by atoms with Gasteiger partial charge in [-0.05, 0) is 32.7 Å². The molecule has 5 heteroatoms. The lowest BCUT2D eigenvalue weighted by molar-refractivity contribution is -0.122. The lowest BCUT2D eigenvalue weighted by Gasteiger charge is -2.44. The quantitative estimate of drug-likeness (QED) is 0.793. The molecule has 0 unspecified atom stereocenters. The molecule has 2 aliphatic rings. The molecule has 5 nitrogen and oxygen atoms in total. The van der Waals surface area contributed by atoms with Crippen molar-refractivity contribution >= 4 is 5.91 Å². The molecule has 2 heterocycles. The maximum absolute atomic E-state index is 12.0. The minimum Gasteiger partial charge on any atom is -0.381 e. The van der Waals surface area contributed by atoms with Crippen molar-refractivity contribution < 1.29 is 9.53 Å². The second-order valence-corrected chi connectivity index (χ2v) is 6.94. The molecule has 1 amide bonds. The van der Waals surface area contributed by atoms with Gasteiger partial charge in [0.05, 0.1) is 0 Å². The summed E-state index contributed by atoms with van der Waals surface area (Å²) in [5.41, 5.74) is 0.0294. The van der Waals surface area contributed by atoms with Crippen molar-refractivity contribution in [1.82, 2.24) is 15.1 Å². The number of nitrogens with zero attached hydrogens (tertiary/aromatic N) is 2. The van der Waals surface area contributed by atoms with E-state index < -0.39 is 0 Å². The summed E-state index contributed by atoms with van der Waals surface area (Å²) < 4.78 is 5.33. The minimum absolute atomic E-state index is 0.0294. The number of amides is 1. The molecule has 122 valence electrons. The predicted molar refractivity (Wildman–Crippen MR) is 84.3 cm³/mol. The first-order valence-corrected chi connectivity index (χ1v) is 8.33. The summed E-state index contributed by atoms with van der Waals surface area (Å²) in [5, 5.41) is 3.12. The van der Waals surface area contributed by atoms with Crippen LogP contribution in [0, 0.1) is 5.92 Å². The van der Waals surface area contributed by atoms with E-state index in [2.05, 4.69) is 35.9 Å². The van der Waals surface area contributed by atoms with E-state index in [-0.39, 0.29) is 11.4 Å². The highest BCUT2D eigenvalue weighted by atomic mass is 16.5. The van der Waals surface area contributed by atoms with E-state index in [9.17, 15) is 4.79 Å². The summed E-state index contributed by atoms with van der Waals surface area (Å²) in [5.74, 6) is 0.590. The molecule has 2 aliphatic heterocycles. The SMILES string of the molecule is CCN1CCN(C(C)(C)CNC(=O)C[C@H]2CCOC2)CC1. The van der Waals surface area contributed by atoms with Gasteiger partial charge in [0, 0.05) is 57.9 Å². The van der Waals surface area contributed by atoms with Crippen LogP contribution in [-0.4, -0.2) is 73.7 Å². The average molecular weight is 297 g/mol. The summed E-state index contributed by atoms with van der Waals surface area (Å²) >= 11 is 0. The number of carbonyl (C=O) groups excluding carboxylic acids is 1. The van der Waals surface area contributed by atoms with Crippen LogP contribution in [0.3, 0.4) is 0 Å². The highest BCUT2D eigenvalue weighted by Crippen LogP contribution is 2.18. The standard InChI is InChI=1S/C16H31N3O2/c1-4-18-6-8-19(9-7-18)16(2,3)13-17-15(20)11-14-5-10-21-12-14/h14H,4-13H2,1-3H3,(H,17,20)/t14-/m1/s1. The van der Waals surface area contributed by atoms with E-state index in [1.807, 2.05) is 0 Å². The molecule has 21 heavy (non-hydrogen) atoms. The van der Waals surface area contributed by atoms with E-state index in [0.29, 0.717) is 12.3 Å². The Hall–Kier alpha value is -0.650. The van der Waals surface area contributed by atoms with Gasteiger partial charge < -0.3 is 15.0 Å². The molecule has 1 N–H and O–H groups in total. The van der Waals surface area contributed by atoms with Crippen molar-refractivity contribution in [3.63, 3.8) is 0 Å². The van der Waals surface area contributed by atoms with Gasteiger partial charge in [0.15, 0.2) is 0 Å². The van der Waals surface area contributed by atoms with Gasteiger partial charge in [-0.25, -0.2) is 0 Å². The van der Waals surface area contributed by atoms with Gasteiger partial charge in [-0.3, -0.25) is 9.69 Å². The first-order chi connectivity index (χ1) is 10.0. The molecule has 0 aromatic rings. The molecule has 0 saturated carbocycles. The van der Waals surface area contributed by atoms with Crippen LogP contribution in [0.1, 0.15) is 33.6 Å². The molecule has 0 aliphatic carbocycles. The Bertz CT molecular complexity index is 332. The summed E-state index contributed by atoms with van der Waals surface area (Å²) in [7, 11) is 0. The summed E-state index contributed by atoms with van der Waals surface area (Å²) in [4.78, 5) is 17.0. The molecule has 0 bridgehead atoms. The Morgan fingerprint density at radius 3 is 2.57 bits per heavy atom. The van der Waals surface area contributed by atoms with E-state index in [0.717, 1.165) is 58.9 Å². The van der Waals surface area contributed by atoms with Gasteiger partial charge in [-0.2, -0.15) is 0 Å². The third-order valence-electron chi connectivity index (χ3n) is 4.89. The molecule has 2 fully saturated rings. The van der Waals surface area contributed by atoms with Gasteiger partial charge >= 0.3 is 0 Å². The maximum Gasteiger partial charge on any atom is 0.220 e. The van der Waals surface area contributed by atoms with Gasteiger partial charge in [0.25, 0.3) is 0 Å². The zero-order valence-electron chi connectivity index (χ0n) is 13.9. The highest BCUT2D eigenvalue weighted by Gasteiger charge is 2.30. The molecule has 2 rings (SSSR count). The second-order valence-electron chi connectivity index (χ2n) is 6.94. The minimum atomic E-state index is 0.0294. The lowest BCUT2D eigenvalue weighted by Crippen LogP contribution is -2.58. The second kappa shape index (κ2) is 7.56. The van der Waals surface area contributed by atoms with Gasteiger partial charge in [-0.1, -0.05) is 6.92 Å². The van der Waals surface area contributed by atoms with Crippen LogP contribution in [0.15, 0.2) is 0 Å². The molecule has 0 aromatic heterocycles. The summed E-state index contributed by atoms with van der Waals surface area (Å²) in [6.07, 6.45) is 1.63. The fourth-order valence-electron chi connectivity index (χ4n) is 3.17. The number of likely N-dealkylation sites (N-methyl/N-ethyl adjacent to an activating group) is 1. The number of hydrogen-bond acceptors (Lipinski definition) is 4. The first-order valence-electron chi connectivity index (χ1n) is 8.33. The summed E-state index contributed by atoms with van der Waals surface area (Å²) in [6.45, 7) is 14.5. The molecule has 0 spiro atoms. The average Bonchev–Trinajstić information content (AvgIpc) is 2.98. The van der Waals surface area contributed by atoms with Crippen molar-refractivity contribution in [3.8, 4) is 0 Å². The monoisotopic (exact) mass is 297 g/mol. The normalized spacial score (nSPS) is 25.2. The Morgan fingerprint density at radius 2 is 2.00 bits per heavy atom. The fourth-order valence-corrected chi connectivity index (χ4v) is 3.17. The number of carbonyl (C=O) groups is 1. The van der Waals surface area contributed by atoms with Crippen LogP contribution < -0.4 is 5.32 Å². The van der Waals surface area contributed by atoms with Crippen molar-refractivity contribution in [2.24, 2.45) is 5.92 Å². The predicted octanol–water partition coefficient (Wildman–Crippen LogP) is 0.945. The molecular formula is C16H31N3O2. The number of ether oxygens (including phenoxy) is 1. The van der Waals surface area contributed by atoms with Crippen molar-refractivity contribution in [2.45, 2.75) is 39.2 Å². The third-order valence-corrected chi connectivity index (χ3v) is 4.89. The van der Waals surface area contributed by atoms with E-state index in [1.165, 1.54) is 0 Å². The largest absolute Gasteiger partial charge is 0.381 e. The van der Waals surface area contributed by atoms with E-state index in [1.54, 1.807) is 0 Å². The smallest absolute Gasteiger partial charge is 0.220 e. The topological polar surface area (TPSA) is 44.8 Å². The Labute approximate surface area is 129 Å². The molecule has 2 saturated heterocycles. The lowest BCUT2D eigenvalue weighted by atomic mass is 10.0. The van der Waals surface area contributed by atoms with Crippen LogP contribution in [0.2, 0.25) is 0 Å². The van der Waals surface area contributed by atoms with Gasteiger partial charge in [-0.15, -0.1) is 0 Å². The van der Waals surface area contributed by atoms with E-state index >= 15 is 0 Å². The van der Waals surface area contributed by atoms with E-state index in [4.69, 9.17) is 4.74 Å². The maximum atomic E-state index is 12.0. The Kier molecular flexibility index (Phi) is 6.02. The van der Waals surface area contributed by atoms with Crippen molar-refractivity contribution in [3.05, 3.63) is 0 Å². The van der Waals surface area contributed by atoms with Gasteiger partial charge in [0.2, 0.25) is 5.91 Å². The molecule has 0 radical (unpaired) electrons. The van der Waals surface area contributed by atoms with Crippen LogP contribution in [0.4, 0.5) is 0 Å². The van der Waals surface area contributed by atoms with Crippen LogP contribution in [0.5, 0.6) is 0 Å². The zero-order valence-corrected chi connectivity index (χ0v) is 13.9. The number of piperazine rings is 1. The number of nitrogens with one attached hydrogen (secondary N) is 1. The summed E-state index contributed by atoms with van der Waals surface area (Å²) in [6, 6.07) is 0. The van der Waals surface area contributed by atoms with Crippen molar-refractivity contribution in [2.75, 3.05) is 52.5 Å². The van der Waals surface area contributed by atoms with Crippen LogP contribution in [0.25, 0.3) is 0 Å². The molecule has 0 aromatic carbocycles. The number of hydrogen-bond donors (Lipinski definition) is 1. The molecular weight excluding hydrogens is 266 g/mol. The molecule has 1 atom stereocenters.